The molecule has 1 aromatic heterocycles. The van der Waals surface area contributed by atoms with E-state index >= 15 is 0 Å². The van der Waals surface area contributed by atoms with Crippen LogP contribution in [0.3, 0.4) is 0 Å². The number of ether oxygens (including phenoxy) is 2. The van der Waals surface area contributed by atoms with Crippen molar-refractivity contribution in [1.29, 1.82) is 0 Å². The van der Waals surface area contributed by atoms with Gasteiger partial charge in [-0.15, -0.1) is 0 Å². The van der Waals surface area contributed by atoms with Crippen LogP contribution in [0.4, 0.5) is 4.79 Å². The van der Waals surface area contributed by atoms with Crippen molar-refractivity contribution >= 4 is 22.1 Å². The number of carboxylic acids is 1. The first-order valence-electron chi connectivity index (χ1n) is 12.9. The van der Waals surface area contributed by atoms with Gasteiger partial charge in [0.25, 0.3) is 0 Å². The molecule has 2 N–H and O–H groups in total. The van der Waals surface area contributed by atoms with Gasteiger partial charge in [-0.1, -0.05) is 6.07 Å². The molecule has 1 aliphatic heterocycles. The highest BCUT2D eigenvalue weighted by atomic mass is 32.2. The van der Waals surface area contributed by atoms with Gasteiger partial charge in [-0.25, -0.2) is 18.0 Å². The molecular weight excluding hydrogens is 486 g/mol. The minimum atomic E-state index is -3.34. The van der Waals surface area contributed by atoms with Crippen LogP contribution in [0, 0.1) is 5.92 Å². The minimum absolute atomic E-state index is 0.0818. The minimum Gasteiger partial charge on any atom is -0.480 e. The predicted molar refractivity (Wildman–Crippen MR) is 132 cm³/mol. The van der Waals surface area contributed by atoms with Crippen LogP contribution in [0.25, 0.3) is 0 Å². The summed E-state index contributed by atoms with van der Waals surface area (Å²) in [5, 5.41) is 11.8. The maximum atomic E-state index is 12.1. The van der Waals surface area contributed by atoms with E-state index in [9.17, 15) is 23.1 Å². The molecule has 0 aromatic carbocycles. The van der Waals surface area contributed by atoms with Gasteiger partial charge in [0.15, 0.2) is 0 Å². The van der Waals surface area contributed by atoms with Crippen molar-refractivity contribution in [3.8, 4) is 0 Å². The molecule has 0 bridgehead atoms. The molecule has 36 heavy (non-hydrogen) atoms. The average molecular weight is 524 g/mol. The third-order valence-corrected chi connectivity index (χ3v) is 8.71. The van der Waals surface area contributed by atoms with Gasteiger partial charge in [-0.05, 0) is 75.3 Å². The van der Waals surface area contributed by atoms with Crippen LogP contribution in [0.15, 0.2) is 12.1 Å². The molecule has 2 atom stereocenters. The highest BCUT2D eigenvalue weighted by Gasteiger charge is 2.33. The van der Waals surface area contributed by atoms with Crippen LogP contribution in [0.5, 0.6) is 0 Å². The molecule has 1 amide bonds. The van der Waals surface area contributed by atoms with E-state index in [0.717, 1.165) is 44.8 Å². The van der Waals surface area contributed by atoms with E-state index < -0.39 is 34.2 Å². The van der Waals surface area contributed by atoms with Gasteiger partial charge >= 0.3 is 12.1 Å². The highest BCUT2D eigenvalue weighted by Crippen LogP contribution is 2.34. The Labute approximate surface area is 212 Å². The van der Waals surface area contributed by atoms with Crippen LogP contribution < -0.4 is 5.32 Å². The number of carbonyl (C=O) groups is 2. The van der Waals surface area contributed by atoms with E-state index in [1.54, 1.807) is 0 Å². The Morgan fingerprint density at radius 3 is 2.72 bits per heavy atom. The number of hydrogen-bond acceptors (Lipinski definition) is 7. The summed E-state index contributed by atoms with van der Waals surface area (Å²) in [7, 11) is -3.34. The molecule has 1 unspecified atom stereocenters. The number of aromatic nitrogens is 1. The number of sulfonamides is 1. The predicted octanol–water partition coefficient (Wildman–Crippen LogP) is 2.29. The highest BCUT2D eigenvalue weighted by molar-refractivity contribution is 7.88. The number of aliphatic carboxylic acids is 1. The van der Waals surface area contributed by atoms with Crippen molar-refractivity contribution in [3.63, 3.8) is 0 Å². The first kappa shape index (κ1) is 26.8. The van der Waals surface area contributed by atoms with Crippen molar-refractivity contribution in [3.05, 3.63) is 29.1 Å². The lowest BCUT2D eigenvalue weighted by molar-refractivity contribution is -0.140. The molecule has 2 heterocycles. The van der Waals surface area contributed by atoms with Crippen LogP contribution in [0.1, 0.15) is 61.9 Å². The molecule has 10 nitrogen and oxygen atoms in total. The van der Waals surface area contributed by atoms with Crippen molar-refractivity contribution in [2.24, 2.45) is 5.92 Å². The molecular formula is C25H37N3O7S. The zero-order valence-electron chi connectivity index (χ0n) is 20.9. The standard InChI is InChI=1S/C25H37N3O7S/c1-36(32,33)28-12-10-20(16-28)35-25(31)27-23(24(29)30)11-13-34-21-14-17(15-21)6-8-19-9-7-18-4-2-3-5-22(18)26-19/h7,9,17,20-21,23H,2-6,8,10-16H2,1H3,(H,27,31)(H,29,30)/t17?,20-,21?,23?/m0/s1. The second kappa shape index (κ2) is 11.9. The topological polar surface area (TPSA) is 135 Å². The largest absolute Gasteiger partial charge is 0.480 e. The monoisotopic (exact) mass is 523 g/mol. The molecule has 1 aromatic rings. The normalized spacial score (nSPS) is 25.0. The van der Waals surface area contributed by atoms with Gasteiger partial charge in [0, 0.05) is 31.0 Å². The molecule has 2 fully saturated rings. The molecule has 11 heteroatoms. The smallest absolute Gasteiger partial charge is 0.408 e. The molecule has 0 spiro atoms. The Morgan fingerprint density at radius 1 is 1.22 bits per heavy atom. The number of fused-ring (bicyclic) bond motifs is 1. The molecule has 3 aliphatic rings. The van der Waals surface area contributed by atoms with Crippen LogP contribution >= 0.6 is 0 Å². The lowest BCUT2D eigenvalue weighted by Crippen LogP contribution is -2.43. The number of carboxylic acid groups (broad SMARTS) is 1. The lowest BCUT2D eigenvalue weighted by Gasteiger charge is -2.35. The number of amides is 1. The number of nitrogens with one attached hydrogen (secondary N) is 1. The summed E-state index contributed by atoms with van der Waals surface area (Å²) in [6, 6.07) is 3.27. The zero-order chi connectivity index (χ0) is 25.7. The van der Waals surface area contributed by atoms with Crippen LogP contribution in [-0.2, 0) is 43.6 Å². The van der Waals surface area contributed by atoms with Crippen molar-refractivity contribution in [1.82, 2.24) is 14.6 Å². The zero-order valence-corrected chi connectivity index (χ0v) is 21.7. The van der Waals surface area contributed by atoms with Crippen LogP contribution in [-0.4, -0.2) is 79.1 Å². The first-order valence-corrected chi connectivity index (χ1v) is 14.8. The molecule has 1 saturated heterocycles. The SMILES string of the molecule is CS(=O)(=O)N1CC[C@H](OC(=O)NC(CCOC2CC(CCc3ccc4c(n3)CCCC4)C2)C(=O)O)C1. The Kier molecular flexibility index (Phi) is 8.84. The number of aryl methyl sites for hydroxylation is 3. The van der Waals surface area contributed by atoms with Crippen molar-refractivity contribution < 1.29 is 32.6 Å². The third kappa shape index (κ3) is 7.39. The Bertz CT molecular complexity index is 1040. The maximum absolute atomic E-state index is 12.1. The maximum Gasteiger partial charge on any atom is 0.408 e. The van der Waals surface area contributed by atoms with E-state index in [2.05, 4.69) is 17.4 Å². The van der Waals surface area contributed by atoms with Gasteiger partial charge in [-0.2, -0.15) is 4.31 Å². The Balaban J connectivity index is 1.10. The quantitative estimate of drug-likeness (QED) is 0.451. The molecule has 1 saturated carbocycles. The molecule has 0 radical (unpaired) electrons. The van der Waals surface area contributed by atoms with Crippen LogP contribution in [0.2, 0.25) is 0 Å². The Hall–Kier alpha value is -2.24. The average Bonchev–Trinajstić information content (AvgIpc) is 3.28. The molecule has 4 rings (SSSR count). The van der Waals surface area contributed by atoms with Gasteiger partial charge < -0.3 is 19.9 Å². The van der Waals surface area contributed by atoms with Gasteiger partial charge in [0.05, 0.1) is 18.9 Å². The van der Waals surface area contributed by atoms with Crippen molar-refractivity contribution in [2.75, 3.05) is 26.0 Å². The van der Waals surface area contributed by atoms with E-state index in [-0.39, 0.29) is 32.2 Å². The summed E-state index contributed by atoms with van der Waals surface area (Å²) >= 11 is 0. The van der Waals surface area contributed by atoms with E-state index in [4.69, 9.17) is 14.5 Å². The summed E-state index contributed by atoms with van der Waals surface area (Å²) < 4.78 is 35.5. The fourth-order valence-electron chi connectivity index (χ4n) is 5.20. The van der Waals surface area contributed by atoms with Gasteiger partial charge in [0.2, 0.25) is 10.0 Å². The van der Waals surface area contributed by atoms with Crippen molar-refractivity contribution in [2.45, 2.75) is 82.5 Å². The number of nitrogens with zero attached hydrogens (tertiary/aromatic N) is 2. The number of alkyl carbamates (subject to hydrolysis) is 1. The lowest BCUT2D eigenvalue weighted by atomic mass is 9.79. The fraction of sp³-hybridized carbons (Fsp3) is 0.720. The molecule has 2 aliphatic carbocycles. The number of rotatable bonds is 11. The number of pyridine rings is 1. The third-order valence-electron chi connectivity index (χ3n) is 7.44. The van der Waals surface area contributed by atoms with Gasteiger partial charge in [-0.3, -0.25) is 4.98 Å². The molecule has 200 valence electrons. The fourth-order valence-corrected chi connectivity index (χ4v) is 6.07. The van der Waals surface area contributed by atoms with E-state index in [1.807, 2.05) is 0 Å². The summed E-state index contributed by atoms with van der Waals surface area (Å²) in [6.07, 6.45) is 8.98. The summed E-state index contributed by atoms with van der Waals surface area (Å²) in [5.74, 6) is -0.571. The first-order chi connectivity index (χ1) is 17.2. The number of carbonyl (C=O) groups excluding carboxylic acids is 1. The van der Waals surface area contributed by atoms with E-state index in [0.29, 0.717) is 12.3 Å². The van der Waals surface area contributed by atoms with E-state index in [1.165, 1.54) is 34.1 Å². The second-order valence-corrected chi connectivity index (χ2v) is 12.2. The Morgan fingerprint density at radius 2 is 2.00 bits per heavy atom. The summed E-state index contributed by atoms with van der Waals surface area (Å²) in [5.41, 5.74) is 3.85. The second-order valence-electron chi connectivity index (χ2n) is 10.2. The number of hydrogen-bond donors (Lipinski definition) is 2. The van der Waals surface area contributed by atoms with Gasteiger partial charge in [0.1, 0.15) is 12.1 Å². The summed E-state index contributed by atoms with van der Waals surface area (Å²) in [4.78, 5) is 28.6. The summed E-state index contributed by atoms with van der Waals surface area (Å²) in [6.45, 7) is 0.587.